The molecule has 0 aliphatic heterocycles. The molecule has 0 aliphatic carbocycles. The first-order chi connectivity index (χ1) is 22.6. The fourth-order valence-corrected chi connectivity index (χ4v) is 8.67. The summed E-state index contributed by atoms with van der Waals surface area (Å²) in [6, 6.07) is 4.94. The van der Waals surface area contributed by atoms with Crippen molar-refractivity contribution in [3.8, 4) is 5.75 Å². The number of esters is 1. The number of thioether (sulfide) groups is 2. The summed E-state index contributed by atoms with van der Waals surface area (Å²) in [5, 5.41) is -0.0719. The van der Waals surface area contributed by atoms with Crippen LogP contribution in [0.5, 0.6) is 5.75 Å². The Morgan fingerprint density at radius 2 is 1.24 bits per heavy atom. The van der Waals surface area contributed by atoms with Crippen molar-refractivity contribution < 1.29 is 59.1 Å². The van der Waals surface area contributed by atoms with Crippen molar-refractivity contribution in [2.24, 2.45) is 10.8 Å². The fourth-order valence-electron chi connectivity index (χ4n) is 4.09. The number of benzene rings is 2. The smallest absolute Gasteiger partial charge is 0.369 e. The summed E-state index contributed by atoms with van der Waals surface area (Å²) in [7, 11) is -4.58. The van der Waals surface area contributed by atoms with Crippen LogP contribution in [0.25, 0.3) is 10.1 Å². The molecule has 7 nitrogen and oxygen atoms in total. The second kappa shape index (κ2) is 16.8. The maximum Gasteiger partial charge on any atom is 0.369 e. The average molecular weight is 773 g/mol. The van der Waals surface area contributed by atoms with Gasteiger partial charge in [-0.15, -0.1) is 11.3 Å². The van der Waals surface area contributed by atoms with E-state index in [0.717, 1.165) is 40.9 Å². The van der Waals surface area contributed by atoms with Gasteiger partial charge in [0.15, 0.2) is 10.2 Å². The molecule has 0 saturated carbocycles. The maximum atomic E-state index is 16.0. The van der Waals surface area contributed by atoms with Gasteiger partial charge in [0.25, 0.3) is 0 Å². The lowest BCUT2D eigenvalue weighted by Gasteiger charge is -2.22. The highest BCUT2D eigenvalue weighted by Gasteiger charge is 2.38. The van der Waals surface area contributed by atoms with E-state index in [0.29, 0.717) is 4.70 Å². The molecule has 49 heavy (non-hydrogen) atoms. The van der Waals surface area contributed by atoms with Crippen LogP contribution in [-0.4, -0.2) is 40.9 Å². The van der Waals surface area contributed by atoms with Crippen LogP contribution in [0.1, 0.15) is 75.5 Å². The van der Waals surface area contributed by atoms with Gasteiger partial charge in [0, 0.05) is 29.0 Å². The number of rotatable bonds is 14. The lowest BCUT2D eigenvalue weighted by molar-refractivity contribution is -0.113. The Hall–Kier alpha value is -2.36. The minimum Gasteiger partial charge on any atom is -0.416 e. The highest BCUT2D eigenvalue weighted by Crippen LogP contribution is 2.62. The highest BCUT2D eigenvalue weighted by molar-refractivity contribution is 8.13. The summed E-state index contributed by atoms with van der Waals surface area (Å²) in [6.07, 6.45) is 0.546. The molecule has 0 aliphatic rings. The normalized spacial score (nSPS) is 13.1. The molecule has 3 rings (SSSR count). The summed E-state index contributed by atoms with van der Waals surface area (Å²) >= 11 is 2.60. The minimum absolute atomic E-state index is 0.0614. The number of alkyl halides is 1. The molecule has 0 bridgehead atoms. The molecule has 0 radical (unpaired) electrons. The number of carbonyl (C=O) groups is 3. The molecule has 0 fully saturated rings. The van der Waals surface area contributed by atoms with Crippen molar-refractivity contribution in [3.63, 3.8) is 0 Å². The van der Waals surface area contributed by atoms with Gasteiger partial charge >= 0.3 is 13.6 Å². The van der Waals surface area contributed by atoms with E-state index < -0.39 is 54.3 Å². The first-order valence-corrected chi connectivity index (χ1v) is 19.1. The molecule has 0 N–H and O–H groups in total. The molecule has 17 heteroatoms. The topological polar surface area (TPSA) is 96.0 Å². The largest absolute Gasteiger partial charge is 0.416 e. The number of hydrogen-bond donors (Lipinski definition) is 0. The van der Waals surface area contributed by atoms with Gasteiger partial charge in [0.2, 0.25) is 40.7 Å². The number of hydrogen-bond acceptors (Lipinski definition) is 10. The van der Waals surface area contributed by atoms with E-state index in [4.69, 9.17) is 9.05 Å². The molecule has 1 heterocycles. The second-order valence-corrected chi connectivity index (χ2v) is 18.6. The Balaban J connectivity index is 1.79. The molecule has 0 spiro atoms. The van der Waals surface area contributed by atoms with Gasteiger partial charge in [0.05, 0.1) is 13.2 Å². The molecular weight excluding hydrogens is 738 g/mol. The molecule has 1 atom stereocenters. The van der Waals surface area contributed by atoms with E-state index in [1.165, 1.54) is 18.2 Å². The fraction of sp³-hybridized carbons (Fsp3) is 0.469. The third-order valence-electron chi connectivity index (χ3n) is 6.24. The maximum absolute atomic E-state index is 16.0. The van der Waals surface area contributed by atoms with Crippen molar-refractivity contribution in [2.45, 2.75) is 60.3 Å². The first kappa shape index (κ1) is 41.1. The summed E-state index contributed by atoms with van der Waals surface area (Å²) in [6.45, 7) is 10.8. The van der Waals surface area contributed by atoms with Crippen LogP contribution in [0.2, 0.25) is 0 Å². The molecule has 0 saturated heterocycles. The average Bonchev–Trinajstić information content (AvgIpc) is 3.43. The SMILES string of the molecule is CC(C)(C)CC(=O)SCCOP(=O)(OCCSC(=O)CC(C)(C)C)C(F)c1ccc2sc(C(=O)Oc3c(F)c(F)c(F)c(F)c3F)cc2c1. The van der Waals surface area contributed by atoms with Crippen LogP contribution in [0.15, 0.2) is 24.3 Å². The Morgan fingerprint density at radius 3 is 1.71 bits per heavy atom. The lowest BCUT2D eigenvalue weighted by Crippen LogP contribution is -2.13. The van der Waals surface area contributed by atoms with Crippen molar-refractivity contribution in [1.82, 2.24) is 0 Å². The quantitative estimate of drug-likeness (QED) is 0.0302. The van der Waals surface area contributed by atoms with E-state index in [1.54, 1.807) is 0 Å². The van der Waals surface area contributed by atoms with Crippen LogP contribution >= 0.6 is 42.5 Å². The van der Waals surface area contributed by atoms with E-state index in [1.807, 2.05) is 41.5 Å². The number of halogens is 6. The molecule has 270 valence electrons. The number of carbonyl (C=O) groups excluding carboxylic acids is 3. The van der Waals surface area contributed by atoms with Gasteiger partial charge < -0.3 is 13.8 Å². The third-order valence-corrected chi connectivity index (χ3v) is 11.0. The van der Waals surface area contributed by atoms with Crippen LogP contribution in [0.4, 0.5) is 26.3 Å². The molecule has 1 aromatic heterocycles. The summed E-state index contributed by atoms with van der Waals surface area (Å²) in [5.41, 5.74) is -0.702. The van der Waals surface area contributed by atoms with Crippen LogP contribution < -0.4 is 4.74 Å². The summed E-state index contributed by atoms with van der Waals surface area (Å²) < 4.78 is 114. The summed E-state index contributed by atoms with van der Waals surface area (Å²) in [4.78, 5) is 36.8. The molecule has 0 amide bonds. The predicted octanol–water partition coefficient (Wildman–Crippen LogP) is 10.4. The zero-order chi connectivity index (χ0) is 36.9. The van der Waals surface area contributed by atoms with E-state index >= 15 is 4.39 Å². The lowest BCUT2D eigenvalue weighted by atomic mass is 9.93. The van der Waals surface area contributed by atoms with Gasteiger partial charge in [-0.1, -0.05) is 71.1 Å². The van der Waals surface area contributed by atoms with Crippen molar-refractivity contribution in [2.75, 3.05) is 24.7 Å². The standard InChI is InChI=1S/C32H35F6O7PS3/c1-31(2,3)15-21(39)47-11-9-43-46(42,44-10-12-48-22(40)16-32(4,5)6)29(38)17-7-8-19-18(13-17)14-20(49-19)30(41)45-28-26(36)24(34)23(33)25(35)27(28)37/h7-8,13-14,29H,9-12,15-16H2,1-6H3. The van der Waals surface area contributed by atoms with Gasteiger partial charge in [-0.05, 0) is 40.0 Å². The molecule has 2 aromatic carbocycles. The van der Waals surface area contributed by atoms with Gasteiger partial charge in [-0.25, -0.2) is 22.4 Å². The molecule has 3 aromatic rings. The Morgan fingerprint density at radius 1 is 0.776 bits per heavy atom. The monoisotopic (exact) mass is 772 g/mol. The van der Waals surface area contributed by atoms with Crippen molar-refractivity contribution in [3.05, 3.63) is 63.8 Å². The molecular formula is C32H35F6O7PS3. The van der Waals surface area contributed by atoms with Crippen molar-refractivity contribution >= 4 is 68.7 Å². The third kappa shape index (κ3) is 11.6. The van der Waals surface area contributed by atoms with Gasteiger partial charge in [0.1, 0.15) is 4.88 Å². The zero-order valence-electron chi connectivity index (χ0n) is 27.4. The zero-order valence-corrected chi connectivity index (χ0v) is 30.8. The Labute approximate surface area is 292 Å². The first-order valence-electron chi connectivity index (χ1n) is 14.7. The van der Waals surface area contributed by atoms with Crippen LogP contribution in [-0.2, 0) is 23.2 Å². The van der Waals surface area contributed by atoms with E-state index in [-0.39, 0.29) is 74.4 Å². The predicted molar refractivity (Wildman–Crippen MR) is 179 cm³/mol. The Bertz CT molecular complexity index is 1680. The second-order valence-electron chi connectivity index (χ2n) is 13.2. The van der Waals surface area contributed by atoms with Crippen LogP contribution in [0, 0.1) is 39.9 Å². The van der Waals surface area contributed by atoms with Gasteiger partial charge in [-0.3, -0.25) is 14.2 Å². The minimum atomic E-state index is -4.58. The number of fused-ring (bicyclic) bond motifs is 1. The molecule has 1 unspecified atom stereocenters. The van der Waals surface area contributed by atoms with E-state index in [2.05, 4.69) is 4.74 Å². The van der Waals surface area contributed by atoms with Crippen molar-refractivity contribution in [1.29, 1.82) is 0 Å². The number of ether oxygens (including phenoxy) is 1. The van der Waals surface area contributed by atoms with Crippen LogP contribution in [0.3, 0.4) is 0 Å². The van der Waals surface area contributed by atoms with E-state index in [9.17, 15) is 40.9 Å². The number of thiophene rings is 1. The van der Waals surface area contributed by atoms with Gasteiger partial charge in [-0.2, -0.15) is 8.78 Å². The highest BCUT2D eigenvalue weighted by atomic mass is 32.2. The Kier molecular flexibility index (Phi) is 14.1. The summed E-state index contributed by atoms with van der Waals surface area (Å²) in [5.74, 6) is -17.1.